The van der Waals surface area contributed by atoms with Gasteiger partial charge in [-0.2, -0.15) is 0 Å². The second-order valence-corrected chi connectivity index (χ2v) is 7.80. The van der Waals surface area contributed by atoms with Gasteiger partial charge >= 0.3 is 6.03 Å². The van der Waals surface area contributed by atoms with Crippen LogP contribution in [-0.4, -0.2) is 34.5 Å². The topological polar surface area (TPSA) is 49.4 Å². The van der Waals surface area contributed by atoms with E-state index in [1.807, 2.05) is 17.0 Å². The second-order valence-electron chi connectivity index (χ2n) is 6.42. The van der Waals surface area contributed by atoms with Gasteiger partial charge in [-0.05, 0) is 42.9 Å². The molecule has 0 spiro atoms. The monoisotopic (exact) mass is 308 g/mol. The van der Waals surface area contributed by atoms with E-state index in [0.29, 0.717) is 11.1 Å². The van der Waals surface area contributed by atoms with Crippen molar-refractivity contribution < 1.29 is 9.00 Å². The van der Waals surface area contributed by atoms with Crippen molar-refractivity contribution in [2.45, 2.75) is 38.0 Å². The Bertz CT molecular complexity index is 543. The van der Waals surface area contributed by atoms with Crippen LogP contribution in [0.3, 0.4) is 0 Å². The van der Waals surface area contributed by atoms with Gasteiger partial charge in [-0.1, -0.05) is 19.9 Å². The summed E-state index contributed by atoms with van der Waals surface area (Å²) in [6.45, 7) is 6.11. The molecule has 1 aromatic carbocycles. The Morgan fingerprint density at radius 2 is 2.05 bits per heavy atom. The standard InChI is InChI=1S/C16H24N2O2S/c1-16(2)8-5-10-18(11-9-16)15(19)17-13-6-4-7-14(12-13)21(3)20/h4,6-7,12H,5,8-11H2,1-3H3,(H,17,19)/t21-/m1/s1. The van der Waals surface area contributed by atoms with E-state index < -0.39 is 10.8 Å². The lowest BCUT2D eigenvalue weighted by molar-refractivity contribution is 0.211. The van der Waals surface area contributed by atoms with E-state index in [2.05, 4.69) is 19.2 Å². The lowest BCUT2D eigenvalue weighted by Gasteiger charge is -2.23. The van der Waals surface area contributed by atoms with Gasteiger partial charge in [0.1, 0.15) is 0 Å². The summed E-state index contributed by atoms with van der Waals surface area (Å²) in [6.07, 6.45) is 4.86. The normalized spacial score (nSPS) is 19.7. The Kier molecular flexibility index (Phi) is 5.04. The van der Waals surface area contributed by atoms with Crippen LogP contribution in [-0.2, 0) is 10.8 Å². The molecule has 0 saturated carbocycles. The number of urea groups is 1. The molecular weight excluding hydrogens is 284 g/mol. The number of likely N-dealkylation sites (tertiary alicyclic amines) is 1. The maximum Gasteiger partial charge on any atom is 0.321 e. The van der Waals surface area contributed by atoms with Crippen molar-refractivity contribution in [1.29, 1.82) is 0 Å². The van der Waals surface area contributed by atoms with E-state index in [1.165, 1.54) is 0 Å². The van der Waals surface area contributed by atoms with Gasteiger partial charge in [-0.15, -0.1) is 0 Å². The number of anilines is 1. The Morgan fingerprint density at radius 3 is 2.76 bits per heavy atom. The van der Waals surface area contributed by atoms with Crippen LogP contribution in [0, 0.1) is 5.41 Å². The molecule has 1 aromatic rings. The highest BCUT2D eigenvalue weighted by atomic mass is 32.2. The average Bonchev–Trinajstić information content (AvgIpc) is 2.60. The fourth-order valence-electron chi connectivity index (χ4n) is 2.58. The van der Waals surface area contributed by atoms with E-state index in [0.717, 1.165) is 37.2 Å². The molecule has 4 nitrogen and oxygen atoms in total. The van der Waals surface area contributed by atoms with Gasteiger partial charge < -0.3 is 10.2 Å². The zero-order valence-corrected chi connectivity index (χ0v) is 13.8. The van der Waals surface area contributed by atoms with Gasteiger partial charge in [-0.25, -0.2) is 4.79 Å². The van der Waals surface area contributed by atoms with E-state index in [-0.39, 0.29) is 6.03 Å². The van der Waals surface area contributed by atoms with Crippen LogP contribution in [0.2, 0.25) is 0 Å². The minimum absolute atomic E-state index is 0.0632. The Balaban J connectivity index is 2.01. The zero-order chi connectivity index (χ0) is 15.5. The predicted octanol–water partition coefficient (Wildman–Crippen LogP) is 3.47. The van der Waals surface area contributed by atoms with Crippen molar-refractivity contribution in [3.05, 3.63) is 24.3 Å². The average molecular weight is 308 g/mol. The molecule has 116 valence electrons. The number of rotatable bonds is 2. The van der Waals surface area contributed by atoms with Crippen LogP contribution in [0.4, 0.5) is 10.5 Å². The number of carbonyl (C=O) groups excluding carboxylic acids is 1. The third kappa shape index (κ3) is 4.56. The SMILES string of the molecule is C[S@@](=O)c1cccc(NC(=O)N2CCCC(C)(C)CC2)c1. The quantitative estimate of drug-likeness (QED) is 0.909. The largest absolute Gasteiger partial charge is 0.325 e. The molecular formula is C16H24N2O2S. The van der Waals surface area contributed by atoms with E-state index >= 15 is 0 Å². The van der Waals surface area contributed by atoms with Crippen molar-refractivity contribution in [3.8, 4) is 0 Å². The van der Waals surface area contributed by atoms with Crippen LogP contribution in [0.5, 0.6) is 0 Å². The summed E-state index contributed by atoms with van der Waals surface area (Å²) in [4.78, 5) is 15.0. The number of nitrogens with zero attached hydrogens (tertiary/aromatic N) is 1. The molecule has 0 bridgehead atoms. The molecule has 1 atom stereocenters. The fourth-order valence-corrected chi connectivity index (χ4v) is 3.14. The first-order chi connectivity index (χ1) is 9.87. The lowest BCUT2D eigenvalue weighted by atomic mass is 9.85. The van der Waals surface area contributed by atoms with Gasteiger partial charge in [0.15, 0.2) is 0 Å². The van der Waals surface area contributed by atoms with Crippen molar-refractivity contribution >= 4 is 22.5 Å². The van der Waals surface area contributed by atoms with E-state index in [9.17, 15) is 9.00 Å². The van der Waals surface area contributed by atoms with Gasteiger partial charge in [0.05, 0.1) is 0 Å². The molecule has 0 unspecified atom stereocenters. The smallest absolute Gasteiger partial charge is 0.321 e. The van der Waals surface area contributed by atoms with Crippen molar-refractivity contribution in [1.82, 2.24) is 4.90 Å². The van der Waals surface area contributed by atoms with Crippen LogP contribution in [0.1, 0.15) is 33.1 Å². The number of amides is 2. The molecule has 1 fully saturated rings. The second kappa shape index (κ2) is 6.60. The summed E-state index contributed by atoms with van der Waals surface area (Å²) in [5, 5.41) is 2.91. The minimum atomic E-state index is -1.04. The summed E-state index contributed by atoms with van der Waals surface area (Å²) in [5.41, 5.74) is 1.02. The predicted molar refractivity (Wildman–Crippen MR) is 87.0 cm³/mol. The van der Waals surface area contributed by atoms with E-state index in [1.54, 1.807) is 18.4 Å². The highest BCUT2D eigenvalue weighted by molar-refractivity contribution is 7.84. The molecule has 1 N–H and O–H groups in total. The molecule has 0 aliphatic carbocycles. The first-order valence-electron chi connectivity index (χ1n) is 7.37. The van der Waals surface area contributed by atoms with Crippen molar-refractivity contribution in [3.63, 3.8) is 0 Å². The van der Waals surface area contributed by atoms with Gasteiger partial charge in [0.2, 0.25) is 0 Å². The van der Waals surface area contributed by atoms with Crippen molar-refractivity contribution in [2.24, 2.45) is 5.41 Å². The number of carbonyl (C=O) groups is 1. The maximum absolute atomic E-state index is 12.4. The molecule has 1 heterocycles. The van der Waals surface area contributed by atoms with Crippen LogP contribution in [0.25, 0.3) is 0 Å². The Labute approximate surface area is 129 Å². The minimum Gasteiger partial charge on any atom is -0.325 e. The van der Waals surface area contributed by atoms with Crippen LogP contribution >= 0.6 is 0 Å². The third-order valence-corrected chi connectivity index (χ3v) is 4.96. The summed E-state index contributed by atoms with van der Waals surface area (Å²) in [7, 11) is -1.04. The molecule has 0 aromatic heterocycles. The molecule has 1 aliphatic rings. The lowest BCUT2D eigenvalue weighted by Crippen LogP contribution is -2.36. The first kappa shape index (κ1) is 16.0. The maximum atomic E-state index is 12.4. The first-order valence-corrected chi connectivity index (χ1v) is 8.93. The van der Waals surface area contributed by atoms with Crippen molar-refractivity contribution in [2.75, 3.05) is 24.7 Å². The fraction of sp³-hybridized carbons (Fsp3) is 0.562. The molecule has 0 radical (unpaired) electrons. The molecule has 5 heteroatoms. The molecule has 1 aliphatic heterocycles. The third-order valence-electron chi connectivity index (χ3n) is 4.04. The van der Waals surface area contributed by atoms with Gasteiger partial charge in [0.25, 0.3) is 0 Å². The number of hydrogen-bond donors (Lipinski definition) is 1. The number of nitrogens with one attached hydrogen (secondary N) is 1. The zero-order valence-electron chi connectivity index (χ0n) is 13.0. The summed E-state index contributed by atoms with van der Waals surface area (Å²) in [6, 6.07) is 7.16. The highest BCUT2D eigenvalue weighted by Crippen LogP contribution is 2.30. The molecule has 2 rings (SSSR count). The number of hydrogen-bond acceptors (Lipinski definition) is 2. The molecule has 2 amide bonds. The Morgan fingerprint density at radius 1 is 1.29 bits per heavy atom. The van der Waals surface area contributed by atoms with Gasteiger partial charge in [-0.3, -0.25) is 4.21 Å². The van der Waals surface area contributed by atoms with Gasteiger partial charge in [0, 0.05) is 40.7 Å². The Hall–Kier alpha value is -1.36. The number of benzene rings is 1. The van der Waals surface area contributed by atoms with Crippen LogP contribution < -0.4 is 5.32 Å². The highest BCUT2D eigenvalue weighted by Gasteiger charge is 2.25. The summed E-state index contributed by atoms with van der Waals surface area (Å²) in [5.74, 6) is 0. The molecule has 1 saturated heterocycles. The van der Waals surface area contributed by atoms with E-state index in [4.69, 9.17) is 0 Å². The summed E-state index contributed by atoms with van der Waals surface area (Å²) >= 11 is 0. The summed E-state index contributed by atoms with van der Waals surface area (Å²) < 4.78 is 11.5. The van der Waals surface area contributed by atoms with Crippen LogP contribution in [0.15, 0.2) is 29.2 Å². The molecule has 21 heavy (non-hydrogen) atoms.